The second-order valence-corrected chi connectivity index (χ2v) is 4.71. The number of hydrogen-bond donors (Lipinski definition) is 1. The molecule has 1 amide bonds. The number of aryl methyl sites for hydroxylation is 2. The predicted octanol–water partition coefficient (Wildman–Crippen LogP) is 3.43. The average Bonchev–Trinajstić information content (AvgIpc) is 2.26. The molecule has 0 spiro atoms. The number of nitrogens with one attached hydrogen (secondary N) is 1. The van der Waals surface area contributed by atoms with Crippen molar-refractivity contribution in [1.82, 2.24) is 0 Å². The van der Waals surface area contributed by atoms with Crippen molar-refractivity contribution in [3.05, 3.63) is 27.7 Å². The quantitative estimate of drug-likeness (QED) is 0.846. The third-order valence-electron chi connectivity index (χ3n) is 2.40. The minimum atomic E-state index is -0.0143. The standard InChI is InChI=1S/C13H18BrNO2/c1-4-17-6-5-12(16)15-11-7-9(2)13(14)10(3)8-11/h7-8H,4-6H2,1-3H3,(H,15,16). The third-order valence-corrected chi connectivity index (χ3v) is 3.65. The molecule has 1 aromatic carbocycles. The van der Waals surface area contributed by atoms with Gasteiger partial charge in [-0.2, -0.15) is 0 Å². The monoisotopic (exact) mass is 299 g/mol. The highest BCUT2D eigenvalue weighted by molar-refractivity contribution is 9.10. The molecule has 1 aromatic rings. The summed E-state index contributed by atoms with van der Waals surface area (Å²) < 4.78 is 6.23. The summed E-state index contributed by atoms with van der Waals surface area (Å²) in [5, 5.41) is 2.87. The van der Waals surface area contributed by atoms with E-state index in [1.54, 1.807) is 0 Å². The fourth-order valence-corrected chi connectivity index (χ4v) is 1.78. The van der Waals surface area contributed by atoms with Crippen LogP contribution in [-0.4, -0.2) is 19.1 Å². The smallest absolute Gasteiger partial charge is 0.226 e. The molecule has 0 saturated carbocycles. The van der Waals surface area contributed by atoms with Gasteiger partial charge in [-0.3, -0.25) is 4.79 Å². The van der Waals surface area contributed by atoms with Crippen molar-refractivity contribution in [2.75, 3.05) is 18.5 Å². The Kier molecular flexibility index (Phi) is 5.65. The van der Waals surface area contributed by atoms with E-state index in [1.165, 1.54) is 0 Å². The van der Waals surface area contributed by atoms with E-state index in [2.05, 4.69) is 21.2 Å². The highest BCUT2D eigenvalue weighted by Crippen LogP contribution is 2.24. The lowest BCUT2D eigenvalue weighted by Crippen LogP contribution is -2.14. The largest absolute Gasteiger partial charge is 0.381 e. The van der Waals surface area contributed by atoms with Crippen LogP contribution >= 0.6 is 15.9 Å². The minimum absolute atomic E-state index is 0.0143. The van der Waals surface area contributed by atoms with E-state index >= 15 is 0 Å². The molecule has 4 heteroatoms. The predicted molar refractivity (Wildman–Crippen MR) is 73.4 cm³/mol. The summed E-state index contributed by atoms with van der Waals surface area (Å²) in [7, 11) is 0. The number of anilines is 1. The molecule has 0 radical (unpaired) electrons. The van der Waals surface area contributed by atoms with Crippen LogP contribution in [0.5, 0.6) is 0 Å². The van der Waals surface area contributed by atoms with Gasteiger partial charge in [-0.25, -0.2) is 0 Å². The van der Waals surface area contributed by atoms with Crippen LogP contribution in [0, 0.1) is 13.8 Å². The lowest BCUT2D eigenvalue weighted by atomic mass is 10.1. The third kappa shape index (κ3) is 4.48. The van der Waals surface area contributed by atoms with Crippen molar-refractivity contribution in [2.24, 2.45) is 0 Å². The van der Waals surface area contributed by atoms with Crippen molar-refractivity contribution in [2.45, 2.75) is 27.2 Å². The van der Waals surface area contributed by atoms with Crippen molar-refractivity contribution in [3.8, 4) is 0 Å². The molecule has 0 aliphatic heterocycles. The Bertz CT molecular complexity index is 381. The van der Waals surface area contributed by atoms with Crippen molar-refractivity contribution in [3.63, 3.8) is 0 Å². The molecule has 1 rings (SSSR count). The second-order valence-electron chi connectivity index (χ2n) is 3.92. The van der Waals surface area contributed by atoms with Crippen molar-refractivity contribution < 1.29 is 9.53 Å². The van der Waals surface area contributed by atoms with Crippen LogP contribution in [0.25, 0.3) is 0 Å². The first kappa shape index (κ1) is 14.2. The lowest BCUT2D eigenvalue weighted by Gasteiger charge is -2.09. The molecular formula is C13H18BrNO2. The van der Waals surface area contributed by atoms with E-state index < -0.39 is 0 Å². The van der Waals surface area contributed by atoms with Gasteiger partial charge in [0.1, 0.15) is 0 Å². The molecule has 0 heterocycles. The Morgan fingerprint density at radius 2 is 1.94 bits per heavy atom. The number of benzene rings is 1. The molecule has 3 nitrogen and oxygen atoms in total. The number of amides is 1. The van der Waals surface area contributed by atoms with E-state index in [0.717, 1.165) is 21.3 Å². The average molecular weight is 300 g/mol. The SMILES string of the molecule is CCOCCC(=O)Nc1cc(C)c(Br)c(C)c1. The van der Waals surface area contributed by atoms with Gasteiger partial charge in [-0.1, -0.05) is 15.9 Å². The molecular weight excluding hydrogens is 282 g/mol. The lowest BCUT2D eigenvalue weighted by molar-refractivity contribution is -0.117. The second kappa shape index (κ2) is 6.77. The summed E-state index contributed by atoms with van der Waals surface area (Å²) >= 11 is 3.50. The summed E-state index contributed by atoms with van der Waals surface area (Å²) in [5.74, 6) is -0.0143. The molecule has 1 N–H and O–H groups in total. The number of ether oxygens (including phenoxy) is 1. The molecule has 94 valence electrons. The zero-order chi connectivity index (χ0) is 12.8. The maximum absolute atomic E-state index is 11.6. The Morgan fingerprint density at radius 3 is 2.47 bits per heavy atom. The van der Waals surface area contributed by atoms with Crippen LogP contribution in [0.3, 0.4) is 0 Å². The van der Waals surface area contributed by atoms with Gasteiger partial charge in [0.05, 0.1) is 13.0 Å². The van der Waals surface area contributed by atoms with E-state index in [4.69, 9.17) is 4.74 Å². The topological polar surface area (TPSA) is 38.3 Å². The highest BCUT2D eigenvalue weighted by Gasteiger charge is 2.05. The number of carbonyl (C=O) groups excluding carboxylic acids is 1. The summed E-state index contributed by atoms with van der Waals surface area (Å²) in [6.45, 7) is 7.04. The first-order chi connectivity index (χ1) is 8.04. The Labute approximate surface area is 111 Å². The van der Waals surface area contributed by atoms with Gasteiger partial charge in [0.15, 0.2) is 0 Å². The minimum Gasteiger partial charge on any atom is -0.381 e. The summed E-state index contributed by atoms with van der Waals surface area (Å²) in [6.07, 6.45) is 0.391. The van der Waals surface area contributed by atoms with Crippen molar-refractivity contribution in [1.29, 1.82) is 0 Å². The van der Waals surface area contributed by atoms with Gasteiger partial charge in [-0.05, 0) is 44.0 Å². The molecule has 0 saturated heterocycles. The highest BCUT2D eigenvalue weighted by atomic mass is 79.9. The van der Waals surface area contributed by atoms with Gasteiger partial charge in [-0.15, -0.1) is 0 Å². The van der Waals surface area contributed by atoms with Crippen LogP contribution in [0.4, 0.5) is 5.69 Å². The Hall–Kier alpha value is -0.870. The number of rotatable bonds is 5. The molecule has 0 bridgehead atoms. The fourth-order valence-electron chi connectivity index (χ4n) is 1.55. The molecule has 0 aromatic heterocycles. The molecule has 0 aliphatic rings. The van der Waals surface area contributed by atoms with Gasteiger partial charge in [0.25, 0.3) is 0 Å². The van der Waals surface area contributed by atoms with E-state index in [-0.39, 0.29) is 5.91 Å². The van der Waals surface area contributed by atoms with E-state index in [9.17, 15) is 4.79 Å². The Morgan fingerprint density at radius 1 is 1.35 bits per heavy atom. The van der Waals surface area contributed by atoms with E-state index in [1.807, 2.05) is 32.9 Å². The van der Waals surface area contributed by atoms with Gasteiger partial charge in [0, 0.05) is 16.8 Å². The first-order valence-electron chi connectivity index (χ1n) is 5.69. The number of hydrogen-bond acceptors (Lipinski definition) is 2. The molecule has 0 atom stereocenters. The zero-order valence-corrected chi connectivity index (χ0v) is 12.1. The van der Waals surface area contributed by atoms with Crippen LogP contribution in [0.2, 0.25) is 0 Å². The molecule has 17 heavy (non-hydrogen) atoms. The Balaban J connectivity index is 2.60. The van der Waals surface area contributed by atoms with Crippen LogP contribution in [-0.2, 0) is 9.53 Å². The number of halogens is 1. The molecule has 0 unspecified atom stereocenters. The summed E-state index contributed by atoms with van der Waals surface area (Å²) in [6, 6.07) is 3.91. The first-order valence-corrected chi connectivity index (χ1v) is 6.48. The molecule has 0 fully saturated rings. The van der Waals surface area contributed by atoms with E-state index in [0.29, 0.717) is 19.6 Å². The normalized spacial score (nSPS) is 10.4. The van der Waals surface area contributed by atoms with Crippen molar-refractivity contribution >= 4 is 27.5 Å². The summed E-state index contributed by atoms with van der Waals surface area (Å²) in [4.78, 5) is 11.6. The maximum atomic E-state index is 11.6. The fraction of sp³-hybridized carbons (Fsp3) is 0.462. The van der Waals surface area contributed by atoms with Gasteiger partial charge >= 0.3 is 0 Å². The zero-order valence-electron chi connectivity index (χ0n) is 10.5. The maximum Gasteiger partial charge on any atom is 0.226 e. The van der Waals surface area contributed by atoms with Gasteiger partial charge in [0.2, 0.25) is 5.91 Å². The number of carbonyl (C=O) groups is 1. The summed E-state index contributed by atoms with van der Waals surface area (Å²) in [5.41, 5.74) is 3.07. The van der Waals surface area contributed by atoms with Crippen LogP contribution < -0.4 is 5.32 Å². The van der Waals surface area contributed by atoms with Crippen LogP contribution in [0.15, 0.2) is 16.6 Å². The molecule has 0 aliphatic carbocycles. The van der Waals surface area contributed by atoms with Gasteiger partial charge < -0.3 is 10.1 Å². The van der Waals surface area contributed by atoms with Crippen LogP contribution in [0.1, 0.15) is 24.5 Å².